The molecule has 0 atom stereocenters. The van der Waals surface area contributed by atoms with Gasteiger partial charge >= 0.3 is 5.97 Å². The number of nitrogens with zero attached hydrogens (tertiary/aromatic N) is 1. The van der Waals surface area contributed by atoms with Crippen molar-refractivity contribution in [3.05, 3.63) is 29.8 Å². The summed E-state index contributed by atoms with van der Waals surface area (Å²) in [6, 6.07) is 8.40. The van der Waals surface area contributed by atoms with Crippen LogP contribution in [0.5, 0.6) is 0 Å². The van der Waals surface area contributed by atoms with E-state index in [1.54, 1.807) is 0 Å². The Bertz CT molecular complexity index is 371. The number of aliphatic carboxylic acids is 1. The fourth-order valence-corrected chi connectivity index (χ4v) is 1.94. The average Bonchev–Trinajstić information content (AvgIpc) is 2.34. The van der Waals surface area contributed by atoms with E-state index in [9.17, 15) is 4.79 Å². The Balaban J connectivity index is 2.76. The summed E-state index contributed by atoms with van der Waals surface area (Å²) in [5, 5.41) is 8.80. The Morgan fingerprint density at radius 2 is 1.89 bits per heavy atom. The topological polar surface area (TPSA) is 40.5 Å². The third-order valence-corrected chi connectivity index (χ3v) is 2.89. The summed E-state index contributed by atoms with van der Waals surface area (Å²) < 4.78 is 0. The van der Waals surface area contributed by atoms with Gasteiger partial charge in [0, 0.05) is 18.8 Å². The fourth-order valence-electron chi connectivity index (χ4n) is 1.94. The van der Waals surface area contributed by atoms with Gasteiger partial charge in [-0.2, -0.15) is 0 Å². The number of carbonyl (C=O) groups is 1. The van der Waals surface area contributed by atoms with Gasteiger partial charge in [0.15, 0.2) is 0 Å². The van der Waals surface area contributed by atoms with E-state index in [4.69, 9.17) is 5.11 Å². The minimum Gasteiger partial charge on any atom is -0.481 e. The first-order valence-corrected chi connectivity index (χ1v) is 6.58. The molecule has 0 saturated heterocycles. The van der Waals surface area contributed by atoms with Gasteiger partial charge in [-0.25, -0.2) is 0 Å². The van der Waals surface area contributed by atoms with Crippen LogP contribution in [0.2, 0.25) is 0 Å². The number of aryl methyl sites for hydroxylation is 1. The highest BCUT2D eigenvalue weighted by molar-refractivity contribution is 5.67. The molecule has 0 aliphatic heterocycles. The Labute approximate surface area is 109 Å². The van der Waals surface area contributed by atoms with E-state index in [1.807, 2.05) is 0 Å². The minimum absolute atomic E-state index is 0.183. The van der Waals surface area contributed by atoms with Crippen LogP contribution >= 0.6 is 0 Å². The molecule has 0 aromatic heterocycles. The maximum absolute atomic E-state index is 10.7. The van der Waals surface area contributed by atoms with Crippen molar-refractivity contribution in [2.24, 2.45) is 5.92 Å². The summed E-state index contributed by atoms with van der Waals surface area (Å²) in [7, 11) is 0. The lowest BCUT2D eigenvalue weighted by Gasteiger charge is -2.26. The summed E-state index contributed by atoms with van der Waals surface area (Å²) in [5.41, 5.74) is 2.42. The Hall–Kier alpha value is -1.51. The monoisotopic (exact) mass is 249 g/mol. The molecule has 0 amide bonds. The van der Waals surface area contributed by atoms with Crippen molar-refractivity contribution in [3.8, 4) is 0 Å². The van der Waals surface area contributed by atoms with Gasteiger partial charge < -0.3 is 10.0 Å². The standard InChI is InChI=1S/C15H23NO2/c1-4-13-5-7-14(8-6-13)16(11-12(2)3)10-9-15(17)18/h5-8,12H,4,9-11H2,1-3H3,(H,17,18). The summed E-state index contributed by atoms with van der Waals surface area (Å²) in [4.78, 5) is 12.8. The molecule has 0 heterocycles. The quantitative estimate of drug-likeness (QED) is 0.806. The summed E-state index contributed by atoms with van der Waals surface area (Å²) in [6.07, 6.45) is 1.21. The minimum atomic E-state index is -0.742. The highest BCUT2D eigenvalue weighted by Crippen LogP contribution is 2.17. The molecule has 0 unspecified atom stereocenters. The smallest absolute Gasteiger partial charge is 0.305 e. The number of anilines is 1. The van der Waals surface area contributed by atoms with Crippen molar-refractivity contribution in [1.82, 2.24) is 0 Å². The van der Waals surface area contributed by atoms with E-state index in [2.05, 4.69) is 49.9 Å². The first-order valence-electron chi connectivity index (χ1n) is 6.58. The van der Waals surface area contributed by atoms with Crippen LogP contribution in [-0.2, 0) is 11.2 Å². The first kappa shape index (κ1) is 14.6. The van der Waals surface area contributed by atoms with Crippen molar-refractivity contribution in [3.63, 3.8) is 0 Å². The molecular formula is C15H23NO2. The number of rotatable bonds is 7. The van der Waals surface area contributed by atoms with Crippen LogP contribution in [0, 0.1) is 5.92 Å². The Morgan fingerprint density at radius 1 is 1.28 bits per heavy atom. The molecule has 0 saturated carbocycles. The van der Waals surface area contributed by atoms with Gasteiger partial charge in [0.05, 0.1) is 6.42 Å². The van der Waals surface area contributed by atoms with Gasteiger partial charge in [0.25, 0.3) is 0 Å². The fraction of sp³-hybridized carbons (Fsp3) is 0.533. The van der Waals surface area contributed by atoms with Crippen molar-refractivity contribution in [2.45, 2.75) is 33.6 Å². The van der Waals surface area contributed by atoms with Crippen LogP contribution < -0.4 is 4.90 Å². The average molecular weight is 249 g/mol. The zero-order valence-corrected chi connectivity index (χ0v) is 11.5. The van der Waals surface area contributed by atoms with Crippen LogP contribution in [0.3, 0.4) is 0 Å². The first-order chi connectivity index (χ1) is 8.52. The number of hydrogen-bond acceptors (Lipinski definition) is 2. The Morgan fingerprint density at radius 3 is 2.33 bits per heavy atom. The van der Waals surface area contributed by atoms with E-state index in [-0.39, 0.29) is 6.42 Å². The lowest BCUT2D eigenvalue weighted by Crippen LogP contribution is -2.29. The van der Waals surface area contributed by atoms with E-state index in [0.29, 0.717) is 12.5 Å². The maximum atomic E-state index is 10.7. The van der Waals surface area contributed by atoms with Gasteiger partial charge in [-0.15, -0.1) is 0 Å². The molecule has 0 aliphatic carbocycles. The molecule has 100 valence electrons. The summed E-state index contributed by atoms with van der Waals surface area (Å²) >= 11 is 0. The molecule has 1 aromatic rings. The summed E-state index contributed by atoms with van der Waals surface area (Å²) in [6.45, 7) is 7.88. The molecule has 0 fully saturated rings. The second kappa shape index (κ2) is 7.04. The molecule has 0 spiro atoms. The van der Waals surface area contributed by atoms with Gasteiger partial charge in [0.2, 0.25) is 0 Å². The van der Waals surface area contributed by atoms with Crippen molar-refractivity contribution in [1.29, 1.82) is 0 Å². The molecular weight excluding hydrogens is 226 g/mol. The molecule has 3 nitrogen and oxygen atoms in total. The maximum Gasteiger partial charge on any atom is 0.305 e. The number of carboxylic acids is 1. The second-order valence-electron chi connectivity index (χ2n) is 5.00. The van der Waals surface area contributed by atoms with Crippen molar-refractivity contribution in [2.75, 3.05) is 18.0 Å². The van der Waals surface area contributed by atoms with E-state index in [0.717, 1.165) is 18.7 Å². The van der Waals surface area contributed by atoms with E-state index in [1.165, 1.54) is 5.56 Å². The normalized spacial score (nSPS) is 10.7. The molecule has 0 bridgehead atoms. The molecule has 1 N–H and O–H groups in total. The van der Waals surface area contributed by atoms with Gasteiger partial charge in [-0.1, -0.05) is 32.9 Å². The molecule has 1 aromatic carbocycles. The van der Waals surface area contributed by atoms with Crippen LogP contribution in [0.25, 0.3) is 0 Å². The van der Waals surface area contributed by atoms with Crippen molar-refractivity contribution < 1.29 is 9.90 Å². The van der Waals surface area contributed by atoms with Gasteiger partial charge in [-0.05, 0) is 30.0 Å². The van der Waals surface area contributed by atoms with Gasteiger partial charge in [0.1, 0.15) is 0 Å². The van der Waals surface area contributed by atoms with Crippen LogP contribution in [0.4, 0.5) is 5.69 Å². The third-order valence-electron chi connectivity index (χ3n) is 2.89. The molecule has 3 heteroatoms. The largest absolute Gasteiger partial charge is 0.481 e. The molecule has 0 aliphatic rings. The lowest BCUT2D eigenvalue weighted by atomic mass is 10.1. The summed E-state index contributed by atoms with van der Waals surface area (Å²) in [5.74, 6) is -0.224. The van der Waals surface area contributed by atoms with Crippen LogP contribution in [0.1, 0.15) is 32.8 Å². The highest BCUT2D eigenvalue weighted by atomic mass is 16.4. The number of carboxylic acid groups (broad SMARTS) is 1. The number of benzene rings is 1. The van der Waals surface area contributed by atoms with E-state index >= 15 is 0 Å². The number of hydrogen-bond donors (Lipinski definition) is 1. The van der Waals surface area contributed by atoms with Gasteiger partial charge in [-0.3, -0.25) is 4.79 Å². The molecule has 18 heavy (non-hydrogen) atoms. The highest BCUT2D eigenvalue weighted by Gasteiger charge is 2.10. The third kappa shape index (κ3) is 4.78. The lowest BCUT2D eigenvalue weighted by molar-refractivity contribution is -0.136. The zero-order valence-electron chi connectivity index (χ0n) is 11.5. The predicted molar refractivity (Wildman–Crippen MR) is 75.1 cm³/mol. The predicted octanol–water partition coefficient (Wildman–Crippen LogP) is 3.19. The SMILES string of the molecule is CCc1ccc(N(CCC(=O)O)CC(C)C)cc1. The van der Waals surface area contributed by atoms with Crippen molar-refractivity contribution >= 4 is 11.7 Å². The Kier molecular flexibility index (Phi) is 5.69. The molecule has 1 rings (SSSR count). The molecule has 0 radical (unpaired) electrons. The van der Waals surface area contributed by atoms with E-state index < -0.39 is 5.97 Å². The van der Waals surface area contributed by atoms with Crippen LogP contribution in [0.15, 0.2) is 24.3 Å². The second-order valence-corrected chi connectivity index (χ2v) is 5.00. The van der Waals surface area contributed by atoms with Crippen LogP contribution in [-0.4, -0.2) is 24.2 Å². The zero-order chi connectivity index (χ0) is 13.5.